The molecule has 1 heterocycles. The minimum absolute atomic E-state index is 0.257. The predicted molar refractivity (Wildman–Crippen MR) is 98.5 cm³/mol. The molecule has 0 unspecified atom stereocenters. The molecule has 0 atom stereocenters. The molecule has 0 bridgehead atoms. The highest BCUT2D eigenvalue weighted by atomic mass is 79.9. The lowest BCUT2D eigenvalue weighted by Crippen LogP contribution is -2.28. The summed E-state index contributed by atoms with van der Waals surface area (Å²) >= 11 is 4.36. The Balaban J connectivity index is 1.97. The molecule has 1 aliphatic rings. The van der Waals surface area contributed by atoms with Crippen LogP contribution < -0.4 is 4.90 Å². The fourth-order valence-corrected chi connectivity index (χ4v) is 3.44. The second-order valence-corrected chi connectivity index (χ2v) is 7.27. The number of anilines is 1. The Morgan fingerprint density at radius 2 is 1.74 bits per heavy atom. The maximum absolute atomic E-state index is 12.7. The van der Waals surface area contributed by atoms with E-state index in [2.05, 4.69) is 15.9 Å². The second-order valence-electron chi connectivity index (χ2n) is 5.36. The van der Waals surface area contributed by atoms with Crippen LogP contribution >= 0.6 is 27.7 Å². The highest BCUT2D eigenvalue weighted by Crippen LogP contribution is 2.37. The van der Waals surface area contributed by atoms with Crippen molar-refractivity contribution in [3.8, 4) is 0 Å². The Morgan fingerprint density at radius 1 is 1.04 bits per heavy atom. The Labute approximate surface area is 147 Å². The van der Waals surface area contributed by atoms with Crippen molar-refractivity contribution in [1.29, 1.82) is 0 Å². The number of hydrogen-bond donors (Lipinski definition) is 0. The number of amides is 2. The number of aryl methyl sites for hydroxylation is 2. The first-order chi connectivity index (χ1) is 11.0. The first-order valence-corrected chi connectivity index (χ1v) is 8.67. The van der Waals surface area contributed by atoms with E-state index in [1.807, 2.05) is 56.3 Å². The number of hydrogen-bond acceptors (Lipinski definition) is 3. The van der Waals surface area contributed by atoms with Crippen molar-refractivity contribution >= 4 is 50.6 Å². The zero-order valence-corrected chi connectivity index (χ0v) is 15.1. The zero-order valence-electron chi connectivity index (χ0n) is 12.7. The van der Waals surface area contributed by atoms with Crippen LogP contribution in [0.4, 0.5) is 10.5 Å². The molecule has 0 radical (unpaired) electrons. The van der Waals surface area contributed by atoms with Crippen LogP contribution in [0.1, 0.15) is 16.7 Å². The van der Waals surface area contributed by atoms with Crippen molar-refractivity contribution in [2.45, 2.75) is 13.8 Å². The average Bonchev–Trinajstić information content (AvgIpc) is 2.78. The Bertz CT molecular complexity index is 827. The standard InChI is InChI=1S/C18H14BrNO2S/c1-11-3-4-12(2)15(9-11)20-17(21)16(23-18(20)22)10-13-5-7-14(19)8-6-13/h3-10H,1-2H3/b16-10-. The van der Waals surface area contributed by atoms with E-state index in [1.54, 1.807) is 6.08 Å². The van der Waals surface area contributed by atoms with Crippen molar-refractivity contribution in [2.75, 3.05) is 4.90 Å². The van der Waals surface area contributed by atoms with Gasteiger partial charge >= 0.3 is 0 Å². The molecule has 1 saturated heterocycles. The molecule has 23 heavy (non-hydrogen) atoms. The number of nitrogens with zero attached hydrogens (tertiary/aromatic N) is 1. The largest absolute Gasteiger partial charge is 0.298 e. The molecule has 0 spiro atoms. The van der Waals surface area contributed by atoms with Gasteiger partial charge in [-0.15, -0.1) is 0 Å². The number of thioether (sulfide) groups is 1. The van der Waals surface area contributed by atoms with E-state index in [0.29, 0.717) is 10.6 Å². The van der Waals surface area contributed by atoms with E-state index >= 15 is 0 Å². The smallest absolute Gasteiger partial charge is 0.268 e. The van der Waals surface area contributed by atoms with Crippen molar-refractivity contribution in [1.82, 2.24) is 0 Å². The fourth-order valence-electron chi connectivity index (χ4n) is 2.35. The third kappa shape index (κ3) is 3.26. The van der Waals surface area contributed by atoms with Crippen LogP contribution in [-0.2, 0) is 4.79 Å². The lowest BCUT2D eigenvalue weighted by atomic mass is 10.1. The summed E-state index contributed by atoms with van der Waals surface area (Å²) in [5, 5.41) is -0.257. The minimum Gasteiger partial charge on any atom is -0.268 e. The molecule has 1 aliphatic heterocycles. The van der Waals surface area contributed by atoms with Gasteiger partial charge in [0.1, 0.15) is 0 Å². The van der Waals surface area contributed by atoms with E-state index < -0.39 is 0 Å². The summed E-state index contributed by atoms with van der Waals surface area (Å²) in [7, 11) is 0. The number of carbonyl (C=O) groups excluding carboxylic acids is 2. The molecule has 2 aromatic rings. The van der Waals surface area contributed by atoms with Gasteiger partial charge in [-0.1, -0.05) is 40.2 Å². The summed E-state index contributed by atoms with van der Waals surface area (Å²) in [6.07, 6.45) is 1.75. The monoisotopic (exact) mass is 387 g/mol. The molecule has 3 nitrogen and oxygen atoms in total. The lowest BCUT2D eigenvalue weighted by molar-refractivity contribution is -0.113. The maximum Gasteiger partial charge on any atom is 0.298 e. The summed E-state index contributed by atoms with van der Waals surface area (Å²) in [4.78, 5) is 26.7. The van der Waals surface area contributed by atoms with Crippen LogP contribution in [-0.4, -0.2) is 11.1 Å². The molecule has 2 aromatic carbocycles. The van der Waals surface area contributed by atoms with Crippen LogP contribution in [0.2, 0.25) is 0 Å². The van der Waals surface area contributed by atoms with Gasteiger partial charge in [0.05, 0.1) is 10.6 Å². The first-order valence-electron chi connectivity index (χ1n) is 7.06. The van der Waals surface area contributed by atoms with E-state index in [4.69, 9.17) is 0 Å². The molecule has 3 rings (SSSR count). The zero-order chi connectivity index (χ0) is 16.6. The molecule has 0 aliphatic carbocycles. The summed E-state index contributed by atoms with van der Waals surface area (Å²) in [5.74, 6) is -0.267. The number of benzene rings is 2. The van der Waals surface area contributed by atoms with Gasteiger partial charge in [-0.25, -0.2) is 4.90 Å². The highest BCUT2D eigenvalue weighted by molar-refractivity contribution is 9.10. The molecule has 2 amide bonds. The molecule has 5 heteroatoms. The number of carbonyl (C=O) groups is 2. The molecule has 1 fully saturated rings. The van der Waals surface area contributed by atoms with Crippen LogP contribution in [0.3, 0.4) is 0 Å². The SMILES string of the molecule is Cc1ccc(C)c(N2C(=O)S/C(=C\c3ccc(Br)cc3)C2=O)c1. The molecule has 0 aromatic heterocycles. The second kappa shape index (κ2) is 6.34. The van der Waals surface area contributed by atoms with Crippen LogP contribution in [0.5, 0.6) is 0 Å². The van der Waals surface area contributed by atoms with Gasteiger partial charge < -0.3 is 0 Å². The fraction of sp³-hybridized carbons (Fsp3) is 0.111. The molecular formula is C18H14BrNO2S. The van der Waals surface area contributed by atoms with Crippen LogP contribution in [0, 0.1) is 13.8 Å². The highest BCUT2D eigenvalue weighted by Gasteiger charge is 2.36. The number of halogens is 1. The predicted octanol–water partition coefficient (Wildman–Crippen LogP) is 5.31. The van der Waals surface area contributed by atoms with Gasteiger partial charge in [-0.05, 0) is 66.6 Å². The molecule has 0 saturated carbocycles. The van der Waals surface area contributed by atoms with Gasteiger partial charge in [-0.3, -0.25) is 9.59 Å². The van der Waals surface area contributed by atoms with Crippen molar-refractivity contribution in [3.05, 3.63) is 68.5 Å². The topological polar surface area (TPSA) is 37.4 Å². The Kier molecular flexibility index (Phi) is 4.41. The van der Waals surface area contributed by atoms with Gasteiger partial charge in [0.15, 0.2) is 0 Å². The summed E-state index contributed by atoms with van der Waals surface area (Å²) in [6.45, 7) is 3.84. The third-order valence-corrected chi connectivity index (χ3v) is 4.97. The van der Waals surface area contributed by atoms with Gasteiger partial charge in [0.25, 0.3) is 11.1 Å². The van der Waals surface area contributed by atoms with Gasteiger partial charge in [0.2, 0.25) is 0 Å². The number of rotatable bonds is 2. The lowest BCUT2D eigenvalue weighted by Gasteiger charge is -2.16. The first kappa shape index (κ1) is 16.0. The maximum atomic E-state index is 12.7. The van der Waals surface area contributed by atoms with E-state index in [-0.39, 0.29) is 11.1 Å². The normalized spacial score (nSPS) is 16.5. The third-order valence-electron chi connectivity index (χ3n) is 3.57. The summed E-state index contributed by atoms with van der Waals surface area (Å²) < 4.78 is 0.971. The summed E-state index contributed by atoms with van der Waals surface area (Å²) in [5.41, 5.74) is 3.47. The van der Waals surface area contributed by atoms with Gasteiger partial charge in [-0.2, -0.15) is 0 Å². The minimum atomic E-state index is -0.267. The van der Waals surface area contributed by atoms with Crippen molar-refractivity contribution in [3.63, 3.8) is 0 Å². The van der Waals surface area contributed by atoms with E-state index in [9.17, 15) is 9.59 Å². The molecule has 0 N–H and O–H groups in total. The van der Waals surface area contributed by atoms with Crippen LogP contribution in [0.15, 0.2) is 51.8 Å². The van der Waals surface area contributed by atoms with Crippen molar-refractivity contribution in [2.24, 2.45) is 0 Å². The summed E-state index contributed by atoms with van der Waals surface area (Å²) in [6, 6.07) is 13.4. The van der Waals surface area contributed by atoms with E-state index in [0.717, 1.165) is 32.9 Å². The Morgan fingerprint density at radius 3 is 2.43 bits per heavy atom. The van der Waals surface area contributed by atoms with Crippen LogP contribution in [0.25, 0.3) is 6.08 Å². The number of imide groups is 1. The van der Waals surface area contributed by atoms with E-state index in [1.165, 1.54) is 4.90 Å². The van der Waals surface area contributed by atoms with Crippen molar-refractivity contribution < 1.29 is 9.59 Å². The Hall–Kier alpha value is -1.85. The molecular weight excluding hydrogens is 374 g/mol. The molecule has 116 valence electrons. The quantitative estimate of drug-likeness (QED) is 0.655. The van der Waals surface area contributed by atoms with Gasteiger partial charge in [0, 0.05) is 4.47 Å². The average molecular weight is 388 g/mol.